The molecule has 4 amide bonds. The third-order valence-corrected chi connectivity index (χ3v) is 13.4. The van der Waals surface area contributed by atoms with Crippen molar-refractivity contribution in [3.63, 3.8) is 0 Å². The minimum absolute atomic E-state index is 0.0358. The van der Waals surface area contributed by atoms with Crippen LogP contribution in [0.25, 0.3) is 33.3 Å². The number of methoxy groups -OCH3 is 1. The van der Waals surface area contributed by atoms with Crippen LogP contribution in [-0.4, -0.2) is 123 Å². The van der Waals surface area contributed by atoms with Crippen LogP contribution in [0.2, 0.25) is 0 Å². The van der Waals surface area contributed by atoms with E-state index >= 15 is 4.39 Å². The Morgan fingerprint density at radius 1 is 1.12 bits per heavy atom. The van der Waals surface area contributed by atoms with Gasteiger partial charge in [-0.3, -0.25) is 34.0 Å². The summed E-state index contributed by atoms with van der Waals surface area (Å²) in [6.45, 7) is 15.9. The predicted molar refractivity (Wildman–Crippen MR) is 251 cm³/mol. The van der Waals surface area contributed by atoms with E-state index in [2.05, 4.69) is 34.9 Å². The average molecular weight is 922 g/mol. The summed E-state index contributed by atoms with van der Waals surface area (Å²) in [4.78, 5) is 76.7. The number of rotatable bonds is 10. The van der Waals surface area contributed by atoms with Gasteiger partial charge in [0.25, 0.3) is 11.8 Å². The Hall–Kier alpha value is -5.97. The number of pyridine rings is 1. The normalized spacial score (nSPS) is 22.0. The van der Waals surface area contributed by atoms with Gasteiger partial charge in [0.05, 0.1) is 30.6 Å². The number of halogens is 1. The Morgan fingerprint density at radius 3 is 2.58 bits per heavy atom. The number of likely N-dealkylation sites (N-methyl/N-ethyl adjacent to an activating group) is 1. The molecular weight excluding hydrogens is 858 g/mol. The first kappa shape index (κ1) is 48.9. The first-order valence-electron chi connectivity index (χ1n) is 23.2. The number of amides is 4. The summed E-state index contributed by atoms with van der Waals surface area (Å²) in [6.07, 6.45) is 3.73. The van der Waals surface area contributed by atoms with Crippen molar-refractivity contribution in [1.82, 2.24) is 35.1 Å². The van der Waals surface area contributed by atoms with Crippen molar-refractivity contribution in [1.29, 1.82) is 0 Å². The number of esters is 1. The van der Waals surface area contributed by atoms with Crippen molar-refractivity contribution in [3.8, 4) is 22.4 Å². The number of hydrogen-bond donors (Lipinski definition) is 3. The maximum absolute atomic E-state index is 16.0. The molecule has 1 unspecified atom stereocenters. The van der Waals surface area contributed by atoms with Gasteiger partial charge in [-0.15, -0.1) is 0 Å². The molecular formula is C51H64FN7O8. The highest BCUT2D eigenvalue weighted by Crippen LogP contribution is 2.42. The summed E-state index contributed by atoms with van der Waals surface area (Å²) in [5.41, 5.74) is 6.86. The van der Waals surface area contributed by atoms with Crippen molar-refractivity contribution in [2.24, 2.45) is 11.3 Å². The van der Waals surface area contributed by atoms with E-state index < -0.39 is 70.5 Å². The van der Waals surface area contributed by atoms with Crippen LogP contribution >= 0.6 is 0 Å². The molecule has 67 heavy (non-hydrogen) atoms. The van der Waals surface area contributed by atoms with Gasteiger partial charge in [-0.05, 0) is 104 Å². The molecule has 2 fully saturated rings. The first-order chi connectivity index (χ1) is 31.8. The Balaban J connectivity index is 1.31. The van der Waals surface area contributed by atoms with Crippen molar-refractivity contribution in [2.45, 2.75) is 110 Å². The molecule has 3 aliphatic rings. The zero-order chi connectivity index (χ0) is 48.5. The Kier molecular flexibility index (Phi) is 14.4. The summed E-state index contributed by atoms with van der Waals surface area (Å²) in [5.74, 6) is -3.98. The first-order valence-corrected chi connectivity index (χ1v) is 23.2. The monoisotopic (exact) mass is 921 g/mol. The van der Waals surface area contributed by atoms with E-state index in [1.54, 1.807) is 27.2 Å². The standard InChI is InChI=1S/C51H64FN7O8/c1-10-42(60)57-21-18-51(65,28-57)49(64)56(8)44(30(3)4)46(61)54-40-24-32-22-34(25-35(52)23-32)33-16-17-41-37(26-33)38(45(58(41)11-2)36-14-12-19-53-43(36)31(5)66-9)27-50(6,7)29-67-48(63)39-15-13-20-59(55-39)47(40)62/h10,12,14,16-17,19,22-23,25-26,30-31,39-40,44,55,65H,1,11,13,15,18,20-21,24,27-29H2,2-9H3,(H,54,61)/t31-,39-,40-,44-,51?/m0/s1. The van der Waals surface area contributed by atoms with Crippen molar-refractivity contribution in [2.75, 3.05) is 40.4 Å². The minimum atomic E-state index is -1.94. The van der Waals surface area contributed by atoms with Crippen LogP contribution in [0.5, 0.6) is 0 Å². The predicted octanol–water partition coefficient (Wildman–Crippen LogP) is 5.52. The molecule has 5 atom stereocenters. The topological polar surface area (TPSA) is 176 Å². The molecule has 0 radical (unpaired) electrons. The number of benzene rings is 2. The lowest BCUT2D eigenvalue weighted by Gasteiger charge is -2.37. The number of hydrogen-bond acceptors (Lipinski definition) is 10. The summed E-state index contributed by atoms with van der Waals surface area (Å²) < 4.78 is 30.1. The number of likely N-dealkylation sites (tertiary alicyclic amines) is 1. The Morgan fingerprint density at radius 2 is 1.88 bits per heavy atom. The maximum atomic E-state index is 16.0. The van der Waals surface area contributed by atoms with Gasteiger partial charge in [0.2, 0.25) is 11.8 Å². The summed E-state index contributed by atoms with van der Waals surface area (Å²) in [7, 11) is 3.06. The Bertz CT molecular complexity index is 2570. The average Bonchev–Trinajstić information content (AvgIpc) is 3.86. The molecule has 0 aliphatic carbocycles. The fourth-order valence-electron chi connectivity index (χ4n) is 9.97. The molecule has 6 bridgehead atoms. The van der Waals surface area contributed by atoms with Crippen LogP contribution in [0.1, 0.15) is 83.7 Å². The van der Waals surface area contributed by atoms with Crippen LogP contribution in [0.15, 0.2) is 67.4 Å². The smallest absolute Gasteiger partial charge is 0.324 e. The molecule has 15 nitrogen and oxygen atoms in total. The molecule has 2 saturated heterocycles. The van der Waals surface area contributed by atoms with Gasteiger partial charge in [-0.25, -0.2) is 9.82 Å². The zero-order valence-corrected chi connectivity index (χ0v) is 39.9. The van der Waals surface area contributed by atoms with Crippen LogP contribution < -0.4 is 10.7 Å². The van der Waals surface area contributed by atoms with E-state index in [-0.39, 0.29) is 45.2 Å². The number of aromatic nitrogens is 2. The molecule has 5 heterocycles. The zero-order valence-electron chi connectivity index (χ0n) is 39.9. The second-order valence-electron chi connectivity index (χ2n) is 19.3. The van der Waals surface area contributed by atoms with Gasteiger partial charge in [0, 0.05) is 74.7 Å². The number of hydrazine groups is 1. The van der Waals surface area contributed by atoms with E-state index in [1.165, 1.54) is 29.1 Å². The van der Waals surface area contributed by atoms with Gasteiger partial charge in [-0.1, -0.05) is 46.4 Å². The van der Waals surface area contributed by atoms with E-state index in [0.717, 1.165) is 50.0 Å². The molecule has 16 heteroatoms. The maximum Gasteiger partial charge on any atom is 0.324 e. The number of carbonyl (C=O) groups is 5. The van der Waals surface area contributed by atoms with Gasteiger partial charge in [-0.2, -0.15) is 0 Å². The number of β-amino-alcohol motifs (C(OH)–C–C–N with tert-alkyl or cyclic N) is 1. The molecule has 7 rings (SSSR count). The number of fused-ring (bicyclic) bond motifs is 6. The van der Waals surface area contributed by atoms with Crippen LogP contribution in [-0.2, 0) is 52.8 Å². The molecule has 3 N–H and O–H groups in total. The fraction of sp³-hybridized carbons (Fsp3) is 0.490. The van der Waals surface area contributed by atoms with Crippen molar-refractivity contribution in [3.05, 3.63) is 90.0 Å². The quantitative estimate of drug-likeness (QED) is 0.136. The van der Waals surface area contributed by atoms with Gasteiger partial charge < -0.3 is 34.3 Å². The number of aryl methyl sites for hydroxylation is 1. The lowest BCUT2D eigenvalue weighted by atomic mass is 9.84. The molecule has 2 aromatic carbocycles. The fourth-order valence-corrected chi connectivity index (χ4v) is 9.97. The highest BCUT2D eigenvalue weighted by atomic mass is 19.1. The third kappa shape index (κ3) is 10.0. The number of aliphatic hydroxyl groups is 1. The lowest BCUT2D eigenvalue weighted by Crippen LogP contribution is -2.63. The minimum Gasteiger partial charge on any atom is -0.464 e. The highest BCUT2D eigenvalue weighted by molar-refractivity contribution is 5.97. The molecule has 0 saturated carbocycles. The van der Waals surface area contributed by atoms with E-state index in [9.17, 15) is 29.1 Å². The molecule has 3 aliphatic heterocycles. The molecule has 0 spiro atoms. The number of ether oxygens (including phenoxy) is 2. The number of nitrogens with one attached hydrogen (secondary N) is 2. The van der Waals surface area contributed by atoms with Crippen LogP contribution in [0, 0.1) is 17.2 Å². The summed E-state index contributed by atoms with van der Waals surface area (Å²) in [5, 5.41) is 16.6. The number of carbonyl (C=O) groups excluding carboxylic acids is 5. The second kappa shape index (κ2) is 19.7. The second-order valence-corrected chi connectivity index (χ2v) is 19.3. The molecule has 358 valence electrons. The highest BCUT2D eigenvalue weighted by Gasteiger charge is 2.48. The van der Waals surface area contributed by atoms with E-state index in [0.29, 0.717) is 36.9 Å². The SMILES string of the molecule is C=CC(=O)N1CCC(O)(C(=O)N(C)[C@H](C(=O)N[C@H]2Cc3cc(F)cc(c3)-c3ccc4c(c3)c(c(-c3cccnc3[C@H](C)OC)n4CC)CC(C)(C)COC(=O)[C@@H]3CCCN(N3)C2=O)C(C)C)C1. The Labute approximate surface area is 391 Å². The van der Waals surface area contributed by atoms with Crippen LogP contribution in [0.3, 0.4) is 0 Å². The largest absolute Gasteiger partial charge is 0.464 e. The van der Waals surface area contributed by atoms with E-state index in [4.69, 9.17) is 14.5 Å². The van der Waals surface area contributed by atoms with Crippen molar-refractivity contribution >= 4 is 40.5 Å². The lowest BCUT2D eigenvalue weighted by molar-refractivity contribution is -0.156. The summed E-state index contributed by atoms with van der Waals surface area (Å²) in [6, 6.07) is 11.2. The van der Waals surface area contributed by atoms with Crippen LogP contribution in [0.4, 0.5) is 4.39 Å². The van der Waals surface area contributed by atoms with Crippen molar-refractivity contribution < 1.29 is 42.9 Å². The van der Waals surface area contributed by atoms with E-state index in [1.807, 2.05) is 51.1 Å². The number of cyclic esters (lactones) is 1. The number of nitrogens with zero attached hydrogens (tertiary/aromatic N) is 5. The molecule has 2 aromatic heterocycles. The molecule has 4 aromatic rings. The summed E-state index contributed by atoms with van der Waals surface area (Å²) >= 11 is 0. The van der Waals surface area contributed by atoms with Gasteiger partial charge in [0.1, 0.15) is 23.9 Å². The van der Waals surface area contributed by atoms with Gasteiger partial charge in [0.15, 0.2) is 5.60 Å². The third-order valence-electron chi connectivity index (χ3n) is 13.4. The van der Waals surface area contributed by atoms with Gasteiger partial charge >= 0.3 is 5.97 Å².